The molecule has 3 aromatic carbocycles. The summed E-state index contributed by atoms with van der Waals surface area (Å²) in [6, 6.07) is 26.0. The van der Waals surface area contributed by atoms with Gasteiger partial charge in [-0.1, -0.05) is 66.2 Å². The Hall–Kier alpha value is -3.86. The van der Waals surface area contributed by atoms with E-state index in [1.54, 1.807) is 6.21 Å². The molecule has 3 N–H and O–H groups in total. The predicted octanol–water partition coefficient (Wildman–Crippen LogP) is 4.71. The molecular weight excluding hydrogens is 360 g/mol. The zero-order valence-electron chi connectivity index (χ0n) is 16.1. The number of aromatic amines is 1. The Bertz CT molecular complexity index is 1140. The van der Waals surface area contributed by atoms with Crippen LogP contribution in [0.25, 0.3) is 22.2 Å². The number of benzene rings is 3. The Morgan fingerprint density at radius 2 is 1.69 bits per heavy atom. The Kier molecular flexibility index (Phi) is 5.38. The van der Waals surface area contributed by atoms with Gasteiger partial charge in [-0.3, -0.25) is 4.79 Å². The molecule has 0 unspecified atom stereocenters. The molecule has 1 heterocycles. The van der Waals surface area contributed by atoms with Crippen LogP contribution in [0.2, 0.25) is 0 Å². The van der Waals surface area contributed by atoms with Crippen molar-refractivity contribution in [1.82, 2.24) is 10.4 Å². The van der Waals surface area contributed by atoms with Gasteiger partial charge in [-0.05, 0) is 30.7 Å². The minimum atomic E-state index is -0.206. The highest BCUT2D eigenvalue weighted by atomic mass is 16.2. The molecule has 1 aromatic heterocycles. The summed E-state index contributed by atoms with van der Waals surface area (Å²) >= 11 is 0. The van der Waals surface area contributed by atoms with Gasteiger partial charge in [-0.15, -0.1) is 0 Å². The van der Waals surface area contributed by atoms with Crippen molar-refractivity contribution in [2.75, 3.05) is 11.9 Å². The van der Waals surface area contributed by atoms with E-state index in [1.165, 1.54) is 5.56 Å². The van der Waals surface area contributed by atoms with E-state index in [0.29, 0.717) is 0 Å². The van der Waals surface area contributed by atoms with Crippen molar-refractivity contribution in [3.8, 4) is 11.3 Å². The van der Waals surface area contributed by atoms with Crippen LogP contribution in [0.1, 0.15) is 11.1 Å². The highest BCUT2D eigenvalue weighted by molar-refractivity contribution is 6.06. The highest BCUT2D eigenvalue weighted by Gasteiger charge is 2.11. The zero-order chi connectivity index (χ0) is 20.1. The number of nitrogens with one attached hydrogen (secondary N) is 3. The van der Waals surface area contributed by atoms with Crippen molar-refractivity contribution >= 4 is 28.7 Å². The van der Waals surface area contributed by atoms with E-state index in [9.17, 15) is 4.79 Å². The number of H-pyrrole nitrogens is 1. The number of hydrogen-bond donors (Lipinski definition) is 3. The highest BCUT2D eigenvalue weighted by Crippen LogP contribution is 2.28. The maximum atomic E-state index is 12.1. The molecule has 0 saturated heterocycles. The predicted molar refractivity (Wildman–Crippen MR) is 119 cm³/mol. The minimum Gasteiger partial charge on any atom is -0.376 e. The molecule has 5 nitrogen and oxygen atoms in total. The van der Waals surface area contributed by atoms with E-state index in [1.807, 2.05) is 85.8 Å². The molecular formula is C24H22N4O. The molecule has 29 heavy (non-hydrogen) atoms. The largest absolute Gasteiger partial charge is 0.376 e. The summed E-state index contributed by atoms with van der Waals surface area (Å²) in [5.74, 6) is -0.206. The summed E-state index contributed by atoms with van der Waals surface area (Å²) in [7, 11) is 0. The van der Waals surface area contributed by atoms with Crippen LogP contribution in [0.4, 0.5) is 5.69 Å². The maximum Gasteiger partial charge on any atom is 0.259 e. The number of aromatic nitrogens is 1. The molecule has 0 bridgehead atoms. The molecule has 0 fully saturated rings. The summed E-state index contributed by atoms with van der Waals surface area (Å²) in [5.41, 5.74) is 8.69. The molecule has 0 aliphatic carbocycles. The Morgan fingerprint density at radius 1 is 0.966 bits per heavy atom. The second kappa shape index (κ2) is 8.44. The van der Waals surface area contributed by atoms with Crippen LogP contribution in [-0.2, 0) is 4.79 Å². The third-order valence-corrected chi connectivity index (χ3v) is 4.70. The fourth-order valence-electron chi connectivity index (χ4n) is 3.19. The summed E-state index contributed by atoms with van der Waals surface area (Å²) in [6.45, 7) is 2.18. The standard InChI is InChI=1S/C24H22N4O/c1-17-11-13-19(14-12-17)25-16-23(29)28-26-15-21-20-9-5-6-10-22(20)27-24(21)18-7-3-2-4-8-18/h2-15,25,27H,16H2,1H3,(H,28,29)/b26-15+. The summed E-state index contributed by atoms with van der Waals surface area (Å²) in [4.78, 5) is 15.6. The van der Waals surface area contributed by atoms with E-state index in [0.717, 1.165) is 33.4 Å². The third kappa shape index (κ3) is 4.35. The van der Waals surface area contributed by atoms with Crippen LogP contribution in [0.15, 0.2) is 84.0 Å². The molecule has 0 radical (unpaired) electrons. The number of aryl methyl sites for hydroxylation is 1. The molecule has 144 valence electrons. The lowest BCUT2D eigenvalue weighted by Crippen LogP contribution is -2.25. The molecule has 4 rings (SSSR count). The molecule has 5 heteroatoms. The molecule has 0 spiro atoms. The number of anilines is 1. The Morgan fingerprint density at radius 3 is 2.48 bits per heavy atom. The Labute approximate surface area is 169 Å². The number of fused-ring (bicyclic) bond motifs is 1. The van der Waals surface area contributed by atoms with Crippen LogP contribution in [0, 0.1) is 6.92 Å². The first-order chi connectivity index (χ1) is 14.2. The first-order valence-corrected chi connectivity index (χ1v) is 9.49. The lowest BCUT2D eigenvalue weighted by Gasteiger charge is -2.05. The number of nitrogens with zero attached hydrogens (tertiary/aromatic N) is 1. The molecule has 0 aliphatic heterocycles. The third-order valence-electron chi connectivity index (χ3n) is 4.70. The van der Waals surface area contributed by atoms with Crippen molar-refractivity contribution < 1.29 is 4.79 Å². The van der Waals surface area contributed by atoms with E-state index in [4.69, 9.17) is 0 Å². The van der Waals surface area contributed by atoms with Crippen LogP contribution in [-0.4, -0.2) is 23.7 Å². The molecule has 0 aliphatic rings. The van der Waals surface area contributed by atoms with E-state index in [2.05, 4.69) is 20.8 Å². The average molecular weight is 382 g/mol. The van der Waals surface area contributed by atoms with E-state index in [-0.39, 0.29) is 12.5 Å². The van der Waals surface area contributed by atoms with Gasteiger partial charge in [0.2, 0.25) is 0 Å². The first-order valence-electron chi connectivity index (χ1n) is 9.49. The van der Waals surface area contributed by atoms with Gasteiger partial charge in [0.25, 0.3) is 5.91 Å². The number of amides is 1. The number of rotatable bonds is 6. The monoisotopic (exact) mass is 382 g/mol. The van der Waals surface area contributed by atoms with Gasteiger partial charge >= 0.3 is 0 Å². The number of carbonyl (C=O) groups is 1. The van der Waals surface area contributed by atoms with Gasteiger partial charge in [-0.2, -0.15) is 5.10 Å². The van der Waals surface area contributed by atoms with Gasteiger partial charge < -0.3 is 10.3 Å². The number of hydrogen-bond acceptors (Lipinski definition) is 3. The van der Waals surface area contributed by atoms with Gasteiger partial charge in [0.1, 0.15) is 0 Å². The van der Waals surface area contributed by atoms with E-state index < -0.39 is 0 Å². The lowest BCUT2D eigenvalue weighted by molar-refractivity contribution is -0.119. The van der Waals surface area contributed by atoms with Gasteiger partial charge in [0.15, 0.2) is 0 Å². The fraction of sp³-hybridized carbons (Fsp3) is 0.0833. The topological polar surface area (TPSA) is 69.3 Å². The van der Waals surface area contributed by atoms with Crippen molar-refractivity contribution in [3.05, 3.63) is 90.0 Å². The number of para-hydroxylation sites is 1. The SMILES string of the molecule is Cc1ccc(NCC(=O)N/N=C/c2c(-c3ccccc3)[nH]c3ccccc23)cc1. The summed E-state index contributed by atoms with van der Waals surface area (Å²) < 4.78 is 0. The van der Waals surface area contributed by atoms with E-state index >= 15 is 0 Å². The number of carbonyl (C=O) groups excluding carboxylic acids is 1. The first kappa shape index (κ1) is 18.5. The average Bonchev–Trinajstić information content (AvgIpc) is 3.13. The maximum absolute atomic E-state index is 12.1. The lowest BCUT2D eigenvalue weighted by atomic mass is 10.1. The molecule has 1 amide bonds. The van der Waals surface area contributed by atoms with Gasteiger partial charge in [-0.25, -0.2) is 5.43 Å². The number of hydrazone groups is 1. The van der Waals surface area contributed by atoms with Gasteiger partial charge in [0.05, 0.1) is 18.5 Å². The second-order valence-corrected chi connectivity index (χ2v) is 6.84. The molecule has 4 aromatic rings. The normalized spacial score (nSPS) is 11.1. The van der Waals surface area contributed by atoms with Gasteiger partial charge in [0, 0.05) is 22.2 Å². The van der Waals surface area contributed by atoms with Crippen molar-refractivity contribution in [3.63, 3.8) is 0 Å². The zero-order valence-corrected chi connectivity index (χ0v) is 16.1. The molecule has 0 atom stereocenters. The second-order valence-electron chi connectivity index (χ2n) is 6.84. The van der Waals surface area contributed by atoms with Crippen LogP contribution >= 0.6 is 0 Å². The van der Waals surface area contributed by atoms with Crippen molar-refractivity contribution in [1.29, 1.82) is 0 Å². The smallest absolute Gasteiger partial charge is 0.259 e. The van der Waals surface area contributed by atoms with Crippen molar-refractivity contribution in [2.45, 2.75) is 6.92 Å². The van der Waals surface area contributed by atoms with Crippen LogP contribution in [0.5, 0.6) is 0 Å². The minimum absolute atomic E-state index is 0.153. The Balaban J connectivity index is 1.49. The van der Waals surface area contributed by atoms with Crippen molar-refractivity contribution in [2.24, 2.45) is 5.10 Å². The molecule has 0 saturated carbocycles. The summed E-state index contributed by atoms with van der Waals surface area (Å²) in [5, 5.41) is 8.34. The quantitative estimate of drug-likeness (QED) is 0.334. The fourth-order valence-corrected chi connectivity index (χ4v) is 3.19. The van der Waals surface area contributed by atoms with Crippen LogP contribution in [0.3, 0.4) is 0 Å². The van der Waals surface area contributed by atoms with Crippen LogP contribution < -0.4 is 10.7 Å². The summed E-state index contributed by atoms with van der Waals surface area (Å²) in [6.07, 6.45) is 1.70.